The molecular formula is C55H77N9O14. The number of carboxylic acid groups (broad SMARTS) is 5. The van der Waals surface area contributed by atoms with E-state index in [9.17, 15) is 63.6 Å². The first-order valence-corrected chi connectivity index (χ1v) is 26.9. The fraction of sp³-hybridized carbons (Fsp3) is 0.545. The van der Waals surface area contributed by atoms with Crippen molar-refractivity contribution in [1.82, 2.24) is 46.6 Å². The molecule has 2 aliphatic rings. The van der Waals surface area contributed by atoms with Crippen LogP contribution in [-0.2, 0) is 46.5 Å². The predicted molar refractivity (Wildman–Crippen MR) is 288 cm³/mol. The third kappa shape index (κ3) is 22.4. The van der Waals surface area contributed by atoms with E-state index in [0.717, 1.165) is 60.9 Å². The van der Waals surface area contributed by atoms with Crippen LogP contribution in [0.2, 0.25) is 0 Å². The molecular weight excluding hydrogens is 1010 g/mol. The van der Waals surface area contributed by atoms with Crippen molar-refractivity contribution in [3.8, 4) is 0 Å². The van der Waals surface area contributed by atoms with E-state index in [2.05, 4.69) is 36.8 Å². The number of rotatable bonds is 26. The Hall–Kier alpha value is -7.21. The van der Waals surface area contributed by atoms with Gasteiger partial charge in [-0.25, -0.2) is 14.4 Å². The van der Waals surface area contributed by atoms with Crippen LogP contribution in [0.3, 0.4) is 0 Å². The number of benzene rings is 3. The number of nitrogens with zero attached hydrogens (tertiary/aromatic N) is 3. The van der Waals surface area contributed by atoms with E-state index >= 15 is 0 Å². The quantitative estimate of drug-likeness (QED) is 0.0514. The Morgan fingerprint density at radius 2 is 1.19 bits per heavy atom. The highest BCUT2D eigenvalue weighted by molar-refractivity contribution is 5.94. The Kier molecular flexibility index (Phi) is 25.7. The van der Waals surface area contributed by atoms with E-state index in [1.165, 1.54) is 0 Å². The summed E-state index contributed by atoms with van der Waals surface area (Å²) in [5.41, 5.74) is 2.39. The van der Waals surface area contributed by atoms with Crippen LogP contribution in [0.5, 0.6) is 0 Å². The second-order valence-electron chi connectivity index (χ2n) is 20.3. The number of amides is 5. The minimum absolute atomic E-state index is 0.0516. The molecule has 3 atom stereocenters. The molecule has 0 aromatic heterocycles. The van der Waals surface area contributed by atoms with E-state index in [1.54, 1.807) is 0 Å². The van der Waals surface area contributed by atoms with Gasteiger partial charge in [0, 0.05) is 76.7 Å². The largest absolute Gasteiger partial charge is 0.481 e. The summed E-state index contributed by atoms with van der Waals surface area (Å²) in [4.78, 5) is 117. The normalized spacial score (nSPS) is 18.5. The van der Waals surface area contributed by atoms with Gasteiger partial charge in [0.1, 0.15) is 18.1 Å². The summed E-state index contributed by atoms with van der Waals surface area (Å²) in [6.45, 7) is 6.00. The monoisotopic (exact) mass is 1090 g/mol. The molecule has 3 aromatic carbocycles. The van der Waals surface area contributed by atoms with Crippen LogP contribution in [0.4, 0.5) is 4.79 Å². The number of nitrogens with one attached hydrogen (secondary N) is 6. The summed E-state index contributed by atoms with van der Waals surface area (Å²) in [7, 11) is 0. The fourth-order valence-electron chi connectivity index (χ4n) is 9.82. The molecule has 3 aromatic rings. The van der Waals surface area contributed by atoms with Gasteiger partial charge in [0.05, 0.1) is 13.1 Å². The lowest BCUT2D eigenvalue weighted by molar-refractivity contribution is -0.141. The van der Waals surface area contributed by atoms with Crippen LogP contribution in [-0.4, -0.2) is 190 Å². The average Bonchev–Trinajstić information content (AvgIpc) is 3.40. The summed E-state index contributed by atoms with van der Waals surface area (Å²) in [6, 6.07) is 16.2. The van der Waals surface area contributed by atoms with Gasteiger partial charge in [0.25, 0.3) is 5.91 Å². The smallest absolute Gasteiger partial charge is 0.326 e. The van der Waals surface area contributed by atoms with Crippen molar-refractivity contribution in [1.29, 1.82) is 0 Å². The van der Waals surface area contributed by atoms with E-state index < -0.39 is 72.8 Å². The van der Waals surface area contributed by atoms with Gasteiger partial charge in [-0.2, -0.15) is 0 Å². The number of fused-ring (bicyclic) bond motifs is 1. The van der Waals surface area contributed by atoms with Crippen molar-refractivity contribution in [3.63, 3.8) is 0 Å². The van der Waals surface area contributed by atoms with Crippen LogP contribution in [0.1, 0.15) is 92.1 Å². The molecule has 5 amide bonds. The van der Waals surface area contributed by atoms with Crippen LogP contribution in [0, 0.1) is 11.8 Å². The third-order valence-electron chi connectivity index (χ3n) is 14.2. The second kappa shape index (κ2) is 32.5. The third-order valence-corrected chi connectivity index (χ3v) is 14.2. The molecule has 1 heterocycles. The number of carbonyl (C=O) groups excluding carboxylic acids is 4. The Morgan fingerprint density at radius 1 is 0.577 bits per heavy atom. The maximum Gasteiger partial charge on any atom is 0.326 e. The maximum absolute atomic E-state index is 13.8. The molecule has 0 bridgehead atoms. The zero-order valence-electron chi connectivity index (χ0n) is 44.2. The number of carbonyl (C=O) groups is 9. The Morgan fingerprint density at radius 3 is 1.83 bits per heavy atom. The minimum Gasteiger partial charge on any atom is -0.481 e. The number of unbranched alkanes of at least 4 members (excludes halogenated alkanes) is 1. The van der Waals surface area contributed by atoms with E-state index in [1.807, 2.05) is 76.5 Å². The highest BCUT2D eigenvalue weighted by atomic mass is 16.4. The van der Waals surface area contributed by atoms with E-state index in [0.29, 0.717) is 76.9 Å². The highest BCUT2D eigenvalue weighted by Gasteiger charge is 2.31. The summed E-state index contributed by atoms with van der Waals surface area (Å²) in [5.74, 6) is -7.00. The van der Waals surface area contributed by atoms with E-state index in [4.69, 9.17) is 5.11 Å². The zero-order chi connectivity index (χ0) is 56.4. The molecule has 23 heteroatoms. The molecule has 11 N–H and O–H groups in total. The number of hydrogen-bond donors (Lipinski definition) is 11. The first-order valence-electron chi connectivity index (χ1n) is 26.9. The lowest BCUT2D eigenvalue weighted by Gasteiger charge is -2.29. The molecule has 3 unspecified atom stereocenters. The predicted octanol–water partition coefficient (Wildman–Crippen LogP) is 2.42. The molecule has 1 aliphatic heterocycles. The van der Waals surface area contributed by atoms with Gasteiger partial charge >= 0.3 is 35.9 Å². The lowest BCUT2D eigenvalue weighted by Crippen LogP contribution is -2.51. The Bertz CT molecular complexity index is 2490. The summed E-state index contributed by atoms with van der Waals surface area (Å²) in [5, 5.41) is 65.5. The molecule has 1 saturated heterocycles. The number of urea groups is 1. The van der Waals surface area contributed by atoms with Crippen LogP contribution < -0.4 is 31.9 Å². The maximum atomic E-state index is 13.8. The molecule has 78 heavy (non-hydrogen) atoms. The molecule has 23 nitrogen and oxygen atoms in total. The van der Waals surface area contributed by atoms with Crippen molar-refractivity contribution in [2.45, 2.75) is 102 Å². The summed E-state index contributed by atoms with van der Waals surface area (Å²) < 4.78 is 0. The Labute approximate surface area is 453 Å². The fourth-order valence-corrected chi connectivity index (χ4v) is 9.82. The second-order valence-corrected chi connectivity index (χ2v) is 20.3. The molecule has 1 aliphatic carbocycles. The average molecular weight is 1090 g/mol. The minimum atomic E-state index is -1.54. The molecule has 426 valence electrons. The van der Waals surface area contributed by atoms with Crippen molar-refractivity contribution < 1.29 is 68.7 Å². The molecule has 0 spiro atoms. The van der Waals surface area contributed by atoms with Gasteiger partial charge in [0.15, 0.2) is 0 Å². The molecule has 1 saturated carbocycles. The number of carboxylic acids is 5. The van der Waals surface area contributed by atoms with Gasteiger partial charge in [0.2, 0.25) is 11.8 Å². The Balaban J connectivity index is 1.08. The lowest BCUT2D eigenvalue weighted by atomic mass is 9.81. The van der Waals surface area contributed by atoms with Gasteiger partial charge in [-0.15, -0.1) is 0 Å². The first kappa shape index (κ1) is 61.6. The van der Waals surface area contributed by atoms with Crippen molar-refractivity contribution in [3.05, 3.63) is 83.4 Å². The topological polar surface area (TPSA) is 337 Å². The van der Waals surface area contributed by atoms with Crippen molar-refractivity contribution in [2.75, 3.05) is 78.5 Å². The van der Waals surface area contributed by atoms with Gasteiger partial charge in [-0.3, -0.25) is 43.5 Å². The van der Waals surface area contributed by atoms with E-state index in [-0.39, 0.29) is 62.5 Å². The zero-order valence-corrected chi connectivity index (χ0v) is 44.2. The van der Waals surface area contributed by atoms with Crippen LogP contribution in [0.15, 0.2) is 66.7 Å². The van der Waals surface area contributed by atoms with Crippen molar-refractivity contribution in [2.24, 2.45) is 11.8 Å². The summed E-state index contributed by atoms with van der Waals surface area (Å²) in [6.07, 6.45) is 3.80. The summed E-state index contributed by atoms with van der Waals surface area (Å²) >= 11 is 0. The first-order chi connectivity index (χ1) is 37.4. The standard InChI is InChI=1S/C55H77N9O14/c65-47(66)21-20-45(54(76)77)61-55(78)60-44(53(74)75)9-3-4-23-57-52(73)46(32-39-14-15-40-7-1-2-8-43(40)31-39)59-51(72)42-16-10-37(11-17-42)33-58-50(71)41-18-12-38(13-19-41)34-62-26-6-27-64(36-49(69)70)30-29-63(35-48(67)68)25-5-22-56-24-28-62/h1-2,7-8,12-15,18-19,31,37,42,44-46,56H,3-6,9-11,16-17,20-30,32-36H2,(H,57,73)(H,58,71)(H,59,72)(H,65,66)(H,67,68)(H,69,70)(H,74,75)(H,76,77)(H2,60,61,78). The van der Waals surface area contributed by atoms with Crippen LogP contribution >= 0.6 is 0 Å². The SMILES string of the molecule is O=C(O)CCC(NC(=O)NC(CCCCNC(=O)C(Cc1ccc2ccccc2c1)NC(=O)C1CCC(CNC(=O)c2ccc(CN3CCCN(CC(=O)O)CCN(CC(=O)O)CCCNCC3)cc2)CC1)C(=O)O)C(=O)O. The van der Waals surface area contributed by atoms with Crippen molar-refractivity contribution >= 4 is 64.4 Å². The van der Waals surface area contributed by atoms with Gasteiger partial charge in [-0.1, -0.05) is 54.6 Å². The van der Waals surface area contributed by atoms with Gasteiger partial charge < -0.3 is 57.4 Å². The van der Waals surface area contributed by atoms with Gasteiger partial charge in [-0.05, 0) is 124 Å². The number of hydrogen-bond acceptors (Lipinski definition) is 13. The van der Waals surface area contributed by atoms with Crippen LogP contribution in [0.25, 0.3) is 10.8 Å². The molecule has 2 fully saturated rings. The molecule has 0 radical (unpaired) electrons. The highest BCUT2D eigenvalue weighted by Crippen LogP contribution is 2.29. The number of aliphatic carboxylic acids is 5. The molecule has 5 rings (SSSR count).